The summed E-state index contributed by atoms with van der Waals surface area (Å²) in [7, 11) is 1.69. The van der Waals surface area contributed by atoms with E-state index in [0.29, 0.717) is 18.0 Å². The van der Waals surface area contributed by atoms with Crippen molar-refractivity contribution in [1.82, 2.24) is 15.6 Å². The SMILES string of the molecule is COCC1(CNC(=O)c2scnc2C)CCCN1. The normalized spacial score (nSPS) is 23.2. The van der Waals surface area contributed by atoms with Gasteiger partial charge in [0, 0.05) is 13.7 Å². The largest absolute Gasteiger partial charge is 0.383 e. The standard InChI is InChI=1S/C12H19N3O2S/c1-9-10(18-8-14-9)11(16)13-6-12(7-17-2)4-3-5-15-12/h8,15H,3-7H2,1-2H3,(H,13,16). The minimum atomic E-state index is -0.108. The predicted molar refractivity (Wildman–Crippen MR) is 71.0 cm³/mol. The Morgan fingerprint density at radius 3 is 3.11 bits per heavy atom. The quantitative estimate of drug-likeness (QED) is 0.835. The summed E-state index contributed by atoms with van der Waals surface area (Å²) in [6.07, 6.45) is 2.15. The highest BCUT2D eigenvalue weighted by atomic mass is 32.1. The van der Waals surface area contributed by atoms with E-state index in [-0.39, 0.29) is 11.4 Å². The number of methoxy groups -OCH3 is 1. The first-order valence-electron chi connectivity index (χ1n) is 6.09. The van der Waals surface area contributed by atoms with Crippen molar-refractivity contribution in [3.8, 4) is 0 Å². The topological polar surface area (TPSA) is 63.2 Å². The summed E-state index contributed by atoms with van der Waals surface area (Å²) in [5.74, 6) is -0.0424. The third-order valence-corrected chi connectivity index (χ3v) is 4.22. The van der Waals surface area contributed by atoms with Gasteiger partial charge in [0.15, 0.2) is 0 Å². The van der Waals surface area contributed by atoms with Gasteiger partial charge < -0.3 is 15.4 Å². The second-order valence-corrected chi connectivity index (χ2v) is 5.55. The second kappa shape index (κ2) is 5.77. The van der Waals surface area contributed by atoms with Crippen LogP contribution >= 0.6 is 11.3 Å². The molecule has 5 nitrogen and oxygen atoms in total. The van der Waals surface area contributed by atoms with E-state index in [1.165, 1.54) is 11.3 Å². The van der Waals surface area contributed by atoms with E-state index in [2.05, 4.69) is 15.6 Å². The van der Waals surface area contributed by atoms with E-state index in [0.717, 1.165) is 25.1 Å². The summed E-state index contributed by atoms with van der Waals surface area (Å²) in [4.78, 5) is 16.8. The lowest BCUT2D eigenvalue weighted by atomic mass is 9.98. The summed E-state index contributed by atoms with van der Waals surface area (Å²) in [6, 6.07) is 0. The van der Waals surface area contributed by atoms with Crippen molar-refractivity contribution in [2.75, 3.05) is 26.8 Å². The molecule has 0 spiro atoms. The van der Waals surface area contributed by atoms with E-state index in [4.69, 9.17) is 4.74 Å². The zero-order valence-electron chi connectivity index (χ0n) is 10.8. The molecule has 1 saturated heterocycles. The fraction of sp³-hybridized carbons (Fsp3) is 0.667. The van der Waals surface area contributed by atoms with Gasteiger partial charge in [-0.2, -0.15) is 0 Å². The lowest BCUT2D eigenvalue weighted by Gasteiger charge is -2.28. The van der Waals surface area contributed by atoms with Crippen LogP contribution in [0.4, 0.5) is 0 Å². The van der Waals surface area contributed by atoms with Gasteiger partial charge in [0.05, 0.1) is 23.4 Å². The van der Waals surface area contributed by atoms with E-state index >= 15 is 0 Å². The number of nitrogens with zero attached hydrogens (tertiary/aromatic N) is 1. The summed E-state index contributed by atoms with van der Waals surface area (Å²) in [6.45, 7) is 4.05. The second-order valence-electron chi connectivity index (χ2n) is 4.69. The molecule has 1 atom stereocenters. The number of hydrogen-bond donors (Lipinski definition) is 2. The molecule has 1 aromatic rings. The van der Waals surface area contributed by atoms with Crippen LogP contribution in [0.15, 0.2) is 5.51 Å². The van der Waals surface area contributed by atoms with Crippen molar-refractivity contribution in [3.63, 3.8) is 0 Å². The molecule has 0 radical (unpaired) electrons. The van der Waals surface area contributed by atoms with Crippen LogP contribution in [-0.4, -0.2) is 43.2 Å². The molecule has 1 unspecified atom stereocenters. The average molecular weight is 269 g/mol. The Bertz CT molecular complexity index is 413. The van der Waals surface area contributed by atoms with Crippen LogP contribution in [0.25, 0.3) is 0 Å². The maximum Gasteiger partial charge on any atom is 0.263 e. The molecule has 100 valence electrons. The number of thiazole rings is 1. The number of aromatic nitrogens is 1. The molecule has 2 rings (SSSR count). The molecule has 2 heterocycles. The van der Waals surface area contributed by atoms with Gasteiger partial charge >= 0.3 is 0 Å². The van der Waals surface area contributed by atoms with Gasteiger partial charge in [-0.1, -0.05) is 0 Å². The van der Waals surface area contributed by atoms with E-state index in [1.807, 2.05) is 6.92 Å². The number of rotatable bonds is 5. The lowest BCUT2D eigenvalue weighted by molar-refractivity contribution is 0.0895. The number of ether oxygens (including phenoxy) is 1. The van der Waals surface area contributed by atoms with Gasteiger partial charge in [-0.25, -0.2) is 4.98 Å². The van der Waals surface area contributed by atoms with Gasteiger partial charge in [0.2, 0.25) is 0 Å². The predicted octanol–water partition coefficient (Wildman–Crippen LogP) is 0.950. The molecule has 1 aliphatic heterocycles. The molecule has 0 aromatic carbocycles. The molecule has 2 N–H and O–H groups in total. The van der Waals surface area contributed by atoms with E-state index < -0.39 is 0 Å². The molecular formula is C12H19N3O2S. The highest BCUT2D eigenvalue weighted by Crippen LogP contribution is 2.19. The van der Waals surface area contributed by atoms with Crippen LogP contribution in [0, 0.1) is 6.92 Å². The average Bonchev–Trinajstić information content (AvgIpc) is 2.97. The van der Waals surface area contributed by atoms with Crippen molar-refractivity contribution in [3.05, 3.63) is 16.1 Å². The van der Waals surface area contributed by atoms with Gasteiger partial charge in [-0.05, 0) is 26.3 Å². The van der Waals surface area contributed by atoms with Crippen LogP contribution < -0.4 is 10.6 Å². The molecular weight excluding hydrogens is 250 g/mol. The van der Waals surface area contributed by atoms with Crippen LogP contribution in [0.1, 0.15) is 28.2 Å². The first-order chi connectivity index (χ1) is 8.67. The Labute approximate surface area is 111 Å². The number of aryl methyl sites for hydroxylation is 1. The van der Waals surface area contributed by atoms with Gasteiger partial charge in [0.1, 0.15) is 4.88 Å². The zero-order valence-corrected chi connectivity index (χ0v) is 11.6. The molecule has 1 fully saturated rings. The molecule has 1 aromatic heterocycles. The Kier molecular flexibility index (Phi) is 4.31. The Morgan fingerprint density at radius 1 is 1.72 bits per heavy atom. The summed E-state index contributed by atoms with van der Waals surface area (Å²) >= 11 is 1.38. The van der Waals surface area contributed by atoms with Crippen molar-refractivity contribution < 1.29 is 9.53 Å². The molecule has 18 heavy (non-hydrogen) atoms. The maximum atomic E-state index is 12.0. The summed E-state index contributed by atoms with van der Waals surface area (Å²) < 4.78 is 5.25. The number of nitrogens with one attached hydrogen (secondary N) is 2. The van der Waals surface area contributed by atoms with Crippen molar-refractivity contribution in [2.24, 2.45) is 0 Å². The lowest BCUT2D eigenvalue weighted by Crippen LogP contribution is -2.52. The number of hydrogen-bond acceptors (Lipinski definition) is 5. The molecule has 0 saturated carbocycles. The molecule has 0 aliphatic carbocycles. The Balaban J connectivity index is 1.94. The molecule has 1 amide bonds. The monoisotopic (exact) mass is 269 g/mol. The minimum absolute atomic E-state index is 0.0424. The first-order valence-corrected chi connectivity index (χ1v) is 6.97. The molecule has 0 bridgehead atoms. The number of carbonyl (C=O) groups excluding carboxylic acids is 1. The Morgan fingerprint density at radius 2 is 2.56 bits per heavy atom. The minimum Gasteiger partial charge on any atom is -0.383 e. The highest BCUT2D eigenvalue weighted by molar-refractivity contribution is 7.11. The summed E-state index contributed by atoms with van der Waals surface area (Å²) in [5.41, 5.74) is 2.38. The van der Waals surface area contributed by atoms with Crippen molar-refractivity contribution in [1.29, 1.82) is 0 Å². The van der Waals surface area contributed by atoms with Gasteiger partial charge in [0.25, 0.3) is 5.91 Å². The van der Waals surface area contributed by atoms with Crippen LogP contribution in [0.3, 0.4) is 0 Å². The van der Waals surface area contributed by atoms with Crippen molar-refractivity contribution >= 4 is 17.2 Å². The van der Waals surface area contributed by atoms with Gasteiger partial charge in [-0.15, -0.1) is 11.3 Å². The van der Waals surface area contributed by atoms with Crippen molar-refractivity contribution in [2.45, 2.75) is 25.3 Å². The van der Waals surface area contributed by atoms with E-state index in [9.17, 15) is 4.79 Å². The first kappa shape index (κ1) is 13.5. The molecule has 1 aliphatic rings. The van der Waals surface area contributed by atoms with Crippen LogP contribution in [0.2, 0.25) is 0 Å². The van der Waals surface area contributed by atoms with E-state index in [1.54, 1.807) is 12.6 Å². The molecule has 6 heteroatoms. The smallest absolute Gasteiger partial charge is 0.263 e. The highest BCUT2D eigenvalue weighted by Gasteiger charge is 2.34. The zero-order chi connectivity index (χ0) is 13.0. The number of amides is 1. The fourth-order valence-corrected chi connectivity index (χ4v) is 3.04. The maximum absolute atomic E-state index is 12.0. The fourth-order valence-electron chi connectivity index (χ4n) is 2.32. The number of carbonyl (C=O) groups is 1. The Hall–Kier alpha value is -0.980. The van der Waals surface area contributed by atoms with Gasteiger partial charge in [-0.3, -0.25) is 4.79 Å². The van der Waals surface area contributed by atoms with Crippen LogP contribution in [0.5, 0.6) is 0 Å². The third-order valence-electron chi connectivity index (χ3n) is 3.29. The summed E-state index contributed by atoms with van der Waals surface area (Å²) in [5, 5.41) is 6.42. The van der Waals surface area contributed by atoms with Crippen LogP contribution in [-0.2, 0) is 4.74 Å². The third kappa shape index (κ3) is 2.88.